The molecule has 0 aromatic heterocycles. The Bertz CT molecular complexity index is 1050. The zero-order chi connectivity index (χ0) is 30.0. The lowest BCUT2D eigenvalue weighted by molar-refractivity contribution is -0.150. The van der Waals surface area contributed by atoms with Gasteiger partial charge in [-0.3, -0.25) is 14.4 Å². The number of rotatable bonds is 12. The van der Waals surface area contributed by atoms with Gasteiger partial charge in [-0.1, -0.05) is 44.9 Å². The van der Waals surface area contributed by atoms with Gasteiger partial charge in [0.05, 0.1) is 13.0 Å². The molecule has 39 heavy (non-hydrogen) atoms. The number of hydrogen-bond donors (Lipinski definition) is 2. The quantitative estimate of drug-likeness (QED) is 0.299. The molecule has 9 nitrogen and oxygen atoms in total. The number of nitrogens with one attached hydrogen (secondary N) is 2. The van der Waals surface area contributed by atoms with Crippen molar-refractivity contribution in [2.75, 3.05) is 13.2 Å². The fourth-order valence-corrected chi connectivity index (χ4v) is 3.93. The molecule has 1 aromatic carbocycles. The van der Waals surface area contributed by atoms with E-state index < -0.39 is 47.1 Å². The Balaban J connectivity index is 3.63. The molecular formula is C30H45N3O6. The molecule has 3 amide bonds. The van der Waals surface area contributed by atoms with Gasteiger partial charge < -0.3 is 25.0 Å². The summed E-state index contributed by atoms with van der Waals surface area (Å²) in [4.78, 5) is 54.2. The van der Waals surface area contributed by atoms with E-state index in [0.29, 0.717) is 17.5 Å². The van der Waals surface area contributed by atoms with E-state index in [9.17, 15) is 19.2 Å². The van der Waals surface area contributed by atoms with Crippen molar-refractivity contribution in [2.45, 2.75) is 98.4 Å². The van der Waals surface area contributed by atoms with Gasteiger partial charge in [-0.2, -0.15) is 0 Å². The van der Waals surface area contributed by atoms with E-state index in [1.807, 2.05) is 20.8 Å². The van der Waals surface area contributed by atoms with Crippen molar-refractivity contribution < 1.29 is 28.7 Å². The summed E-state index contributed by atoms with van der Waals surface area (Å²) in [5, 5.41) is 5.49. The maximum absolute atomic E-state index is 14.3. The summed E-state index contributed by atoms with van der Waals surface area (Å²) in [5.41, 5.74) is -0.674. The molecule has 9 heteroatoms. The molecule has 0 aliphatic rings. The first kappa shape index (κ1) is 33.5. The highest BCUT2D eigenvalue weighted by molar-refractivity contribution is 5.93. The van der Waals surface area contributed by atoms with Crippen LogP contribution in [0, 0.1) is 18.3 Å². The highest BCUT2D eigenvalue weighted by Crippen LogP contribution is 2.34. The predicted molar refractivity (Wildman–Crippen MR) is 151 cm³/mol. The average molecular weight is 544 g/mol. The van der Waals surface area contributed by atoms with Gasteiger partial charge in [0.2, 0.25) is 11.8 Å². The van der Waals surface area contributed by atoms with E-state index in [4.69, 9.17) is 15.9 Å². The number of carbonyl (C=O) groups is 4. The number of amides is 3. The van der Waals surface area contributed by atoms with Gasteiger partial charge in [-0.15, -0.1) is 6.42 Å². The van der Waals surface area contributed by atoms with Crippen molar-refractivity contribution in [3.63, 3.8) is 0 Å². The molecule has 216 valence electrons. The van der Waals surface area contributed by atoms with Crippen LogP contribution in [0.3, 0.4) is 0 Å². The van der Waals surface area contributed by atoms with E-state index in [2.05, 4.69) is 16.6 Å². The minimum Gasteiger partial charge on any atom is -0.466 e. The van der Waals surface area contributed by atoms with Crippen molar-refractivity contribution >= 4 is 23.9 Å². The smallest absolute Gasteiger partial charge is 0.408 e. The first-order valence-corrected chi connectivity index (χ1v) is 13.4. The SMILES string of the molecule is C#Cc1ccccc1C(C(=O)NCCC(=O)OCC)N(C(=O)C(NC(=O)OC(C)(C)C)C(C)C)C(C)(C)CC. The first-order valence-electron chi connectivity index (χ1n) is 13.4. The Kier molecular flexibility index (Phi) is 12.5. The molecule has 1 aromatic rings. The Morgan fingerprint density at radius 2 is 1.67 bits per heavy atom. The summed E-state index contributed by atoms with van der Waals surface area (Å²) in [6.45, 7) is 16.4. The number of ether oxygens (including phenoxy) is 2. The zero-order valence-corrected chi connectivity index (χ0v) is 24.8. The van der Waals surface area contributed by atoms with Crippen molar-refractivity contribution in [1.29, 1.82) is 0 Å². The Morgan fingerprint density at radius 3 is 2.18 bits per heavy atom. The average Bonchev–Trinajstić information content (AvgIpc) is 2.84. The van der Waals surface area contributed by atoms with Gasteiger partial charge in [0.25, 0.3) is 0 Å². The van der Waals surface area contributed by atoms with E-state index in [1.165, 1.54) is 4.90 Å². The minimum absolute atomic E-state index is 0.0186. The standard InChI is InChI=1S/C30H45N3O6/c1-11-21-16-14-15-17-22(21)25(26(35)31-19-18-23(34)38-13-3)33(30(9,10)12-2)27(36)24(20(4)5)32-28(37)39-29(6,7)8/h1,14-17,20,24-25H,12-13,18-19H2,2-10H3,(H,31,35)(H,32,37). The van der Waals surface area contributed by atoms with Crippen molar-refractivity contribution in [3.8, 4) is 12.3 Å². The van der Waals surface area contributed by atoms with Crippen LogP contribution < -0.4 is 10.6 Å². The van der Waals surface area contributed by atoms with Gasteiger partial charge in [0.1, 0.15) is 17.7 Å². The van der Waals surface area contributed by atoms with Gasteiger partial charge in [0.15, 0.2) is 0 Å². The van der Waals surface area contributed by atoms with Crippen molar-refractivity contribution in [3.05, 3.63) is 35.4 Å². The lowest BCUT2D eigenvalue weighted by atomic mass is 9.89. The molecule has 0 aliphatic carbocycles. The van der Waals surface area contributed by atoms with Crippen molar-refractivity contribution in [1.82, 2.24) is 15.5 Å². The normalized spacial score (nSPS) is 13.1. The van der Waals surface area contributed by atoms with Gasteiger partial charge in [-0.05, 0) is 65.5 Å². The number of esters is 1. The molecule has 0 spiro atoms. The molecule has 2 N–H and O–H groups in total. The molecule has 0 bridgehead atoms. The summed E-state index contributed by atoms with van der Waals surface area (Å²) >= 11 is 0. The topological polar surface area (TPSA) is 114 Å². The third-order valence-electron chi connectivity index (χ3n) is 6.21. The molecular weight excluding hydrogens is 498 g/mol. The minimum atomic E-state index is -1.14. The second-order valence-corrected chi connectivity index (χ2v) is 11.2. The molecule has 0 radical (unpaired) electrons. The molecule has 0 heterocycles. The van der Waals surface area contributed by atoms with E-state index in [0.717, 1.165) is 0 Å². The number of alkyl carbamates (subject to hydrolysis) is 1. The van der Waals surface area contributed by atoms with Crippen LogP contribution in [0.5, 0.6) is 0 Å². The third kappa shape index (κ3) is 9.93. The lowest BCUT2D eigenvalue weighted by Crippen LogP contribution is -2.60. The Labute approximate surface area is 233 Å². The van der Waals surface area contributed by atoms with Crippen LogP contribution in [0.25, 0.3) is 0 Å². The van der Waals surface area contributed by atoms with Crippen LogP contribution >= 0.6 is 0 Å². The van der Waals surface area contributed by atoms with Gasteiger partial charge in [-0.25, -0.2) is 4.79 Å². The molecule has 0 aliphatic heterocycles. The summed E-state index contributed by atoms with van der Waals surface area (Å²) in [5.74, 6) is 0.886. The lowest BCUT2D eigenvalue weighted by Gasteiger charge is -2.45. The van der Waals surface area contributed by atoms with Crippen LogP contribution in [0.15, 0.2) is 24.3 Å². The maximum Gasteiger partial charge on any atom is 0.408 e. The van der Waals surface area contributed by atoms with Crippen LogP contribution in [0.1, 0.15) is 92.3 Å². The molecule has 0 saturated heterocycles. The summed E-state index contributed by atoms with van der Waals surface area (Å²) in [7, 11) is 0. The maximum atomic E-state index is 14.3. The summed E-state index contributed by atoms with van der Waals surface area (Å²) in [6, 6.07) is 4.79. The largest absolute Gasteiger partial charge is 0.466 e. The number of nitrogens with zero attached hydrogens (tertiary/aromatic N) is 1. The van der Waals surface area contributed by atoms with Crippen LogP contribution in [-0.4, -0.2) is 59.1 Å². The highest BCUT2D eigenvalue weighted by Gasteiger charge is 2.44. The van der Waals surface area contributed by atoms with Crippen LogP contribution in [0.4, 0.5) is 4.79 Å². The van der Waals surface area contributed by atoms with Gasteiger partial charge in [0, 0.05) is 17.6 Å². The van der Waals surface area contributed by atoms with E-state index in [-0.39, 0.29) is 25.5 Å². The molecule has 2 atom stereocenters. The molecule has 0 fully saturated rings. The fourth-order valence-electron chi connectivity index (χ4n) is 3.93. The first-order chi connectivity index (χ1) is 18.1. The predicted octanol–water partition coefficient (Wildman–Crippen LogP) is 4.34. The third-order valence-corrected chi connectivity index (χ3v) is 6.21. The fraction of sp³-hybridized carbons (Fsp3) is 0.600. The van der Waals surface area contributed by atoms with Gasteiger partial charge >= 0.3 is 12.1 Å². The summed E-state index contributed by atoms with van der Waals surface area (Å²) in [6.07, 6.45) is 5.54. The number of terminal acetylenes is 1. The second-order valence-electron chi connectivity index (χ2n) is 11.2. The van der Waals surface area contributed by atoms with Crippen LogP contribution in [0.2, 0.25) is 0 Å². The molecule has 2 unspecified atom stereocenters. The second kappa shape index (κ2) is 14.6. The number of hydrogen-bond acceptors (Lipinski definition) is 6. The van der Waals surface area contributed by atoms with E-state index in [1.54, 1.807) is 65.8 Å². The Morgan fingerprint density at radius 1 is 1.05 bits per heavy atom. The van der Waals surface area contributed by atoms with E-state index >= 15 is 0 Å². The number of carbonyl (C=O) groups excluding carboxylic acids is 4. The Hall–Kier alpha value is -3.54. The monoisotopic (exact) mass is 543 g/mol. The zero-order valence-electron chi connectivity index (χ0n) is 24.8. The summed E-state index contributed by atoms with van der Waals surface area (Å²) < 4.78 is 10.4. The highest BCUT2D eigenvalue weighted by atomic mass is 16.6. The van der Waals surface area contributed by atoms with Crippen LogP contribution in [-0.2, 0) is 23.9 Å². The molecule has 1 rings (SSSR count). The van der Waals surface area contributed by atoms with Crippen molar-refractivity contribution in [2.24, 2.45) is 5.92 Å². The molecule has 0 saturated carbocycles. The number of benzene rings is 1.